The van der Waals surface area contributed by atoms with E-state index in [4.69, 9.17) is 0 Å². The number of nitrogens with zero attached hydrogens (tertiary/aromatic N) is 4. The average Bonchev–Trinajstić information content (AvgIpc) is 2.64. The molecule has 0 atom stereocenters. The third-order valence-electron chi connectivity index (χ3n) is 4.16. The molecule has 0 bridgehead atoms. The van der Waals surface area contributed by atoms with Gasteiger partial charge in [-0.1, -0.05) is 0 Å². The van der Waals surface area contributed by atoms with Crippen LogP contribution in [0.15, 0.2) is 0 Å². The standard InChI is InChI=1S/C14H25N5O3S/c1-11-14(12(2)17(3)16-11)15-13(20)10-18-6-5-7-19(9-8-18)23(4,21)22/h5-10H2,1-4H3,(H,15,20). The zero-order valence-electron chi connectivity index (χ0n) is 14.2. The molecule has 1 amide bonds. The summed E-state index contributed by atoms with van der Waals surface area (Å²) in [4.78, 5) is 14.3. The quantitative estimate of drug-likeness (QED) is 0.828. The summed E-state index contributed by atoms with van der Waals surface area (Å²) in [6.45, 7) is 6.24. The number of amides is 1. The predicted octanol–water partition coefficient (Wildman–Crippen LogP) is -0.0573. The maximum absolute atomic E-state index is 12.3. The lowest BCUT2D eigenvalue weighted by Crippen LogP contribution is -2.37. The van der Waals surface area contributed by atoms with Gasteiger partial charge in [-0.25, -0.2) is 12.7 Å². The van der Waals surface area contributed by atoms with Gasteiger partial charge in [-0.15, -0.1) is 0 Å². The van der Waals surface area contributed by atoms with Gasteiger partial charge >= 0.3 is 0 Å². The lowest BCUT2D eigenvalue weighted by molar-refractivity contribution is -0.117. The number of hydrogen-bond acceptors (Lipinski definition) is 5. The van der Waals surface area contributed by atoms with Gasteiger partial charge in [0.25, 0.3) is 0 Å². The summed E-state index contributed by atoms with van der Waals surface area (Å²) in [5.74, 6) is -0.1000. The summed E-state index contributed by atoms with van der Waals surface area (Å²) in [6.07, 6.45) is 1.95. The van der Waals surface area contributed by atoms with Crippen molar-refractivity contribution >= 4 is 21.6 Å². The first-order valence-corrected chi connectivity index (χ1v) is 9.51. The molecule has 1 N–H and O–H groups in total. The molecule has 0 radical (unpaired) electrons. The lowest BCUT2D eigenvalue weighted by atomic mass is 10.3. The van der Waals surface area contributed by atoms with E-state index in [2.05, 4.69) is 10.4 Å². The van der Waals surface area contributed by atoms with Crippen molar-refractivity contribution in [3.8, 4) is 0 Å². The minimum atomic E-state index is -3.16. The van der Waals surface area contributed by atoms with Crippen LogP contribution in [0.4, 0.5) is 5.69 Å². The van der Waals surface area contributed by atoms with Gasteiger partial charge in [0.2, 0.25) is 15.9 Å². The maximum atomic E-state index is 12.3. The Balaban J connectivity index is 1.93. The number of carbonyl (C=O) groups is 1. The second kappa shape index (κ2) is 6.98. The molecule has 130 valence electrons. The van der Waals surface area contributed by atoms with Gasteiger partial charge < -0.3 is 5.32 Å². The highest BCUT2D eigenvalue weighted by Gasteiger charge is 2.22. The van der Waals surface area contributed by atoms with E-state index in [0.29, 0.717) is 26.2 Å². The molecule has 1 saturated heterocycles. The van der Waals surface area contributed by atoms with E-state index in [0.717, 1.165) is 23.5 Å². The fraction of sp³-hybridized carbons (Fsp3) is 0.714. The number of nitrogens with one attached hydrogen (secondary N) is 1. The van der Waals surface area contributed by atoms with Gasteiger partial charge in [0.1, 0.15) is 0 Å². The summed E-state index contributed by atoms with van der Waals surface area (Å²) >= 11 is 0. The molecule has 0 saturated carbocycles. The van der Waals surface area contributed by atoms with Crippen LogP contribution in [0, 0.1) is 13.8 Å². The number of carbonyl (C=O) groups excluding carboxylic acids is 1. The highest BCUT2D eigenvalue weighted by Crippen LogP contribution is 2.18. The van der Waals surface area contributed by atoms with E-state index < -0.39 is 10.0 Å². The van der Waals surface area contributed by atoms with E-state index >= 15 is 0 Å². The van der Waals surface area contributed by atoms with Crippen LogP contribution >= 0.6 is 0 Å². The lowest BCUT2D eigenvalue weighted by Gasteiger charge is -2.20. The van der Waals surface area contributed by atoms with Crippen molar-refractivity contribution in [1.29, 1.82) is 0 Å². The predicted molar refractivity (Wildman–Crippen MR) is 88.8 cm³/mol. The van der Waals surface area contributed by atoms with E-state index in [1.165, 1.54) is 10.6 Å². The summed E-state index contributed by atoms with van der Waals surface area (Å²) in [5, 5.41) is 7.19. The molecule has 2 heterocycles. The molecule has 0 unspecified atom stereocenters. The average molecular weight is 343 g/mol. The molecular formula is C14H25N5O3S. The molecule has 1 fully saturated rings. The number of anilines is 1. The Morgan fingerprint density at radius 3 is 2.48 bits per heavy atom. The van der Waals surface area contributed by atoms with Crippen molar-refractivity contribution in [2.45, 2.75) is 20.3 Å². The van der Waals surface area contributed by atoms with Crippen molar-refractivity contribution in [2.75, 3.05) is 44.3 Å². The van der Waals surface area contributed by atoms with Gasteiger partial charge in [0.15, 0.2) is 0 Å². The van der Waals surface area contributed by atoms with E-state index in [1.54, 1.807) is 4.68 Å². The topological polar surface area (TPSA) is 87.5 Å². The fourth-order valence-electron chi connectivity index (χ4n) is 2.77. The second-order valence-corrected chi connectivity index (χ2v) is 7.99. The Labute approximate surface area is 137 Å². The molecule has 0 aliphatic carbocycles. The Morgan fingerprint density at radius 2 is 1.91 bits per heavy atom. The molecule has 1 aromatic heterocycles. The van der Waals surface area contributed by atoms with Crippen LogP contribution in [0.3, 0.4) is 0 Å². The first kappa shape index (κ1) is 17.9. The van der Waals surface area contributed by atoms with Crippen LogP contribution in [-0.2, 0) is 21.9 Å². The summed E-state index contributed by atoms with van der Waals surface area (Å²) in [7, 11) is -1.32. The minimum absolute atomic E-state index is 0.1000. The Kier molecular flexibility index (Phi) is 5.43. The summed E-state index contributed by atoms with van der Waals surface area (Å²) in [6, 6.07) is 0. The minimum Gasteiger partial charge on any atom is -0.322 e. The molecule has 2 rings (SSSR count). The van der Waals surface area contributed by atoms with E-state index in [9.17, 15) is 13.2 Å². The molecule has 9 heteroatoms. The van der Waals surface area contributed by atoms with Crippen LogP contribution < -0.4 is 5.32 Å². The Hall–Kier alpha value is -1.45. The van der Waals surface area contributed by atoms with Crippen molar-refractivity contribution in [3.63, 3.8) is 0 Å². The third kappa shape index (κ3) is 4.52. The van der Waals surface area contributed by atoms with Crippen LogP contribution in [-0.4, -0.2) is 72.3 Å². The van der Waals surface area contributed by atoms with Crippen LogP contribution in [0.2, 0.25) is 0 Å². The number of aryl methyl sites for hydroxylation is 2. The molecule has 1 aliphatic heterocycles. The van der Waals surface area contributed by atoms with Gasteiger partial charge in [-0.2, -0.15) is 5.10 Å². The second-order valence-electron chi connectivity index (χ2n) is 6.01. The molecule has 0 aromatic carbocycles. The fourth-order valence-corrected chi connectivity index (χ4v) is 3.65. The van der Waals surface area contributed by atoms with Gasteiger partial charge in [-0.3, -0.25) is 14.4 Å². The van der Waals surface area contributed by atoms with Crippen LogP contribution in [0.5, 0.6) is 0 Å². The highest BCUT2D eigenvalue weighted by molar-refractivity contribution is 7.88. The monoisotopic (exact) mass is 343 g/mol. The molecular weight excluding hydrogens is 318 g/mol. The van der Waals surface area contributed by atoms with Crippen molar-refractivity contribution in [3.05, 3.63) is 11.4 Å². The van der Waals surface area contributed by atoms with Gasteiger partial charge in [0, 0.05) is 26.7 Å². The van der Waals surface area contributed by atoms with Crippen LogP contribution in [0.25, 0.3) is 0 Å². The highest BCUT2D eigenvalue weighted by atomic mass is 32.2. The van der Waals surface area contributed by atoms with Crippen molar-refractivity contribution in [2.24, 2.45) is 7.05 Å². The zero-order chi connectivity index (χ0) is 17.2. The first-order chi connectivity index (χ1) is 10.7. The van der Waals surface area contributed by atoms with E-state index in [1.807, 2.05) is 25.8 Å². The normalized spacial score (nSPS) is 17.9. The van der Waals surface area contributed by atoms with Crippen LogP contribution in [0.1, 0.15) is 17.8 Å². The molecule has 8 nitrogen and oxygen atoms in total. The maximum Gasteiger partial charge on any atom is 0.238 e. The molecule has 0 spiro atoms. The zero-order valence-corrected chi connectivity index (χ0v) is 15.0. The van der Waals surface area contributed by atoms with Gasteiger partial charge in [0.05, 0.1) is 29.9 Å². The van der Waals surface area contributed by atoms with Crippen molar-refractivity contribution in [1.82, 2.24) is 19.0 Å². The van der Waals surface area contributed by atoms with Crippen molar-refractivity contribution < 1.29 is 13.2 Å². The molecule has 1 aromatic rings. The SMILES string of the molecule is Cc1nn(C)c(C)c1NC(=O)CN1CCCN(S(C)(=O)=O)CC1. The number of rotatable bonds is 4. The largest absolute Gasteiger partial charge is 0.322 e. The summed E-state index contributed by atoms with van der Waals surface area (Å²) < 4.78 is 26.4. The first-order valence-electron chi connectivity index (χ1n) is 7.66. The van der Waals surface area contributed by atoms with Gasteiger partial charge in [-0.05, 0) is 26.8 Å². The molecule has 23 heavy (non-hydrogen) atoms. The summed E-state index contributed by atoms with van der Waals surface area (Å²) in [5.41, 5.74) is 2.46. The number of hydrogen-bond donors (Lipinski definition) is 1. The number of sulfonamides is 1. The third-order valence-corrected chi connectivity index (χ3v) is 5.46. The Morgan fingerprint density at radius 1 is 1.22 bits per heavy atom. The smallest absolute Gasteiger partial charge is 0.238 e. The Bertz CT molecular complexity index is 683. The van der Waals surface area contributed by atoms with E-state index in [-0.39, 0.29) is 12.5 Å². The number of aromatic nitrogens is 2. The molecule has 1 aliphatic rings.